The fourth-order valence-electron chi connectivity index (χ4n) is 0.534. The first-order valence-electron chi connectivity index (χ1n) is 2.60. The highest BCUT2D eigenvalue weighted by atomic mass is 32.1. The molecule has 0 atom stereocenters. The number of amidine groups is 1. The maximum absolute atomic E-state index is 5.50. The van der Waals surface area contributed by atoms with E-state index in [0.29, 0.717) is 5.84 Å². The molecule has 0 unspecified atom stereocenters. The van der Waals surface area contributed by atoms with Crippen molar-refractivity contribution in [1.82, 2.24) is 0 Å². The van der Waals surface area contributed by atoms with Crippen molar-refractivity contribution >= 4 is 17.2 Å². The van der Waals surface area contributed by atoms with Gasteiger partial charge in [-0.2, -0.15) is 0 Å². The molecule has 3 heteroatoms. The van der Waals surface area contributed by atoms with E-state index >= 15 is 0 Å². The van der Waals surface area contributed by atoms with Crippen molar-refractivity contribution in [3.05, 3.63) is 22.4 Å². The van der Waals surface area contributed by atoms with Crippen LogP contribution in [0.2, 0.25) is 0 Å². The first-order valence-corrected chi connectivity index (χ1v) is 3.48. The highest BCUT2D eigenvalue weighted by Gasteiger charge is 1.94. The molecule has 0 amide bonds. The van der Waals surface area contributed by atoms with Gasteiger partial charge in [-0.05, 0) is 11.4 Å². The van der Waals surface area contributed by atoms with Crippen molar-refractivity contribution < 1.29 is 0 Å². The lowest BCUT2D eigenvalue weighted by atomic mass is 10.4. The molecule has 0 fully saturated rings. The Morgan fingerprint density at radius 1 is 1.78 bits per heavy atom. The Balaban J connectivity index is 2.90. The van der Waals surface area contributed by atoms with Crippen molar-refractivity contribution in [2.45, 2.75) is 0 Å². The summed E-state index contributed by atoms with van der Waals surface area (Å²) in [5.74, 6) is 0.616. The molecule has 0 radical (unpaired) electrons. The molecule has 1 aromatic rings. The zero-order valence-electron chi connectivity index (χ0n) is 5.16. The number of aliphatic imine (C=N–C) groups is 1. The number of rotatable bonds is 1. The first-order chi connectivity index (χ1) is 4.34. The minimum atomic E-state index is 0.616. The lowest BCUT2D eigenvalue weighted by molar-refractivity contribution is 1.41. The second kappa shape index (κ2) is 2.64. The Labute approximate surface area is 58.0 Å². The number of nitrogens with two attached hydrogens (primary N) is 1. The van der Waals surface area contributed by atoms with Crippen LogP contribution in [0.15, 0.2) is 22.5 Å². The van der Waals surface area contributed by atoms with Crippen LogP contribution >= 0.6 is 11.3 Å². The highest BCUT2D eigenvalue weighted by molar-refractivity contribution is 7.12. The van der Waals surface area contributed by atoms with Crippen LogP contribution in [0.1, 0.15) is 4.88 Å². The lowest BCUT2D eigenvalue weighted by Crippen LogP contribution is -2.10. The molecule has 0 bridgehead atoms. The van der Waals surface area contributed by atoms with Crippen LogP contribution in [-0.4, -0.2) is 12.9 Å². The van der Waals surface area contributed by atoms with Crippen LogP contribution in [0.3, 0.4) is 0 Å². The Morgan fingerprint density at radius 2 is 2.56 bits per heavy atom. The molecule has 1 heterocycles. The molecule has 1 aromatic heterocycles. The number of hydrogen-bond acceptors (Lipinski definition) is 2. The zero-order chi connectivity index (χ0) is 6.69. The van der Waals surface area contributed by atoms with Gasteiger partial charge in [0.05, 0.1) is 4.88 Å². The molecule has 2 N–H and O–H groups in total. The van der Waals surface area contributed by atoms with E-state index in [1.807, 2.05) is 17.5 Å². The van der Waals surface area contributed by atoms with Gasteiger partial charge in [0.25, 0.3) is 0 Å². The van der Waals surface area contributed by atoms with Crippen molar-refractivity contribution in [2.24, 2.45) is 10.7 Å². The average molecular weight is 140 g/mol. The second-order valence-electron chi connectivity index (χ2n) is 1.59. The van der Waals surface area contributed by atoms with Gasteiger partial charge >= 0.3 is 0 Å². The summed E-state index contributed by atoms with van der Waals surface area (Å²) in [5.41, 5.74) is 5.50. The normalized spacial score (nSPS) is 11.9. The molecule has 0 aliphatic heterocycles. The van der Waals surface area contributed by atoms with Crippen molar-refractivity contribution in [3.8, 4) is 0 Å². The van der Waals surface area contributed by atoms with E-state index < -0.39 is 0 Å². The van der Waals surface area contributed by atoms with E-state index in [-0.39, 0.29) is 0 Å². The Kier molecular flexibility index (Phi) is 1.85. The molecule has 1 rings (SSSR count). The van der Waals surface area contributed by atoms with E-state index in [1.54, 1.807) is 18.4 Å². The lowest BCUT2D eigenvalue weighted by Gasteiger charge is -1.89. The molecule has 0 saturated carbocycles. The van der Waals surface area contributed by atoms with Crippen molar-refractivity contribution in [2.75, 3.05) is 7.05 Å². The Morgan fingerprint density at radius 3 is 3.00 bits per heavy atom. The zero-order valence-corrected chi connectivity index (χ0v) is 5.98. The van der Waals surface area contributed by atoms with Gasteiger partial charge in [0.2, 0.25) is 0 Å². The fourth-order valence-corrected chi connectivity index (χ4v) is 1.21. The summed E-state index contributed by atoms with van der Waals surface area (Å²) in [6, 6.07) is 3.91. The van der Waals surface area contributed by atoms with Gasteiger partial charge in [-0.25, -0.2) is 0 Å². The minimum absolute atomic E-state index is 0.616. The van der Waals surface area contributed by atoms with Crippen LogP contribution in [0, 0.1) is 0 Å². The summed E-state index contributed by atoms with van der Waals surface area (Å²) < 4.78 is 0. The predicted molar refractivity (Wildman–Crippen MR) is 41.0 cm³/mol. The molecule has 9 heavy (non-hydrogen) atoms. The maximum Gasteiger partial charge on any atom is 0.135 e. The molecular formula is C6H8N2S. The molecular weight excluding hydrogens is 132 g/mol. The van der Waals surface area contributed by atoms with E-state index in [4.69, 9.17) is 5.73 Å². The topological polar surface area (TPSA) is 38.4 Å². The Bertz CT molecular complexity index is 201. The monoisotopic (exact) mass is 140 g/mol. The number of hydrogen-bond donors (Lipinski definition) is 1. The molecule has 2 nitrogen and oxygen atoms in total. The maximum atomic E-state index is 5.50. The van der Waals surface area contributed by atoms with Gasteiger partial charge in [-0.1, -0.05) is 6.07 Å². The van der Waals surface area contributed by atoms with E-state index in [9.17, 15) is 0 Å². The van der Waals surface area contributed by atoms with Gasteiger partial charge in [-0.3, -0.25) is 4.99 Å². The third kappa shape index (κ3) is 1.29. The Hall–Kier alpha value is -0.830. The summed E-state index contributed by atoms with van der Waals surface area (Å²) in [7, 11) is 1.69. The van der Waals surface area contributed by atoms with E-state index in [0.717, 1.165) is 4.88 Å². The van der Waals surface area contributed by atoms with Gasteiger partial charge < -0.3 is 5.73 Å². The summed E-state index contributed by atoms with van der Waals surface area (Å²) in [5, 5.41) is 1.98. The number of nitrogens with zero attached hydrogens (tertiary/aromatic N) is 1. The molecule has 0 aromatic carbocycles. The number of thiophene rings is 1. The standard InChI is InChI=1S/C6H8N2S/c1-8-6(7)5-3-2-4-9-5/h2-4H,1H3,(H2,7,8). The van der Waals surface area contributed by atoms with Crippen LogP contribution in [0.5, 0.6) is 0 Å². The van der Waals surface area contributed by atoms with Crippen molar-refractivity contribution in [3.63, 3.8) is 0 Å². The minimum Gasteiger partial charge on any atom is -0.383 e. The van der Waals surface area contributed by atoms with Crippen LogP contribution in [0.4, 0.5) is 0 Å². The van der Waals surface area contributed by atoms with Gasteiger partial charge in [0, 0.05) is 7.05 Å². The van der Waals surface area contributed by atoms with Gasteiger partial charge in [0.1, 0.15) is 5.84 Å². The summed E-state index contributed by atoms with van der Waals surface area (Å²) in [6.45, 7) is 0. The highest BCUT2D eigenvalue weighted by Crippen LogP contribution is 2.06. The van der Waals surface area contributed by atoms with Crippen molar-refractivity contribution in [1.29, 1.82) is 0 Å². The summed E-state index contributed by atoms with van der Waals surface area (Å²) >= 11 is 1.60. The SMILES string of the molecule is CN=C(N)c1cccs1. The van der Waals surface area contributed by atoms with Gasteiger partial charge in [0.15, 0.2) is 0 Å². The molecule has 0 aliphatic carbocycles. The smallest absolute Gasteiger partial charge is 0.135 e. The summed E-state index contributed by atoms with van der Waals surface area (Å²) in [4.78, 5) is 4.88. The van der Waals surface area contributed by atoms with E-state index in [2.05, 4.69) is 4.99 Å². The van der Waals surface area contributed by atoms with Crippen LogP contribution in [0.25, 0.3) is 0 Å². The second-order valence-corrected chi connectivity index (χ2v) is 2.53. The van der Waals surface area contributed by atoms with Gasteiger partial charge in [-0.15, -0.1) is 11.3 Å². The molecule has 0 saturated heterocycles. The predicted octanol–water partition coefficient (Wildman–Crippen LogP) is 1.08. The van der Waals surface area contributed by atoms with Crippen LogP contribution < -0.4 is 5.73 Å². The third-order valence-corrected chi connectivity index (χ3v) is 1.91. The third-order valence-electron chi connectivity index (χ3n) is 1.01. The molecule has 48 valence electrons. The molecule has 0 spiro atoms. The van der Waals surface area contributed by atoms with Crippen LogP contribution in [-0.2, 0) is 0 Å². The fraction of sp³-hybridized carbons (Fsp3) is 0.167. The molecule has 0 aliphatic rings. The van der Waals surface area contributed by atoms with E-state index in [1.165, 1.54) is 0 Å². The largest absolute Gasteiger partial charge is 0.383 e. The first kappa shape index (κ1) is 6.29. The average Bonchev–Trinajstić information content (AvgIpc) is 2.37. The summed E-state index contributed by atoms with van der Waals surface area (Å²) in [6.07, 6.45) is 0. The quantitative estimate of drug-likeness (QED) is 0.460.